The predicted octanol–water partition coefficient (Wildman–Crippen LogP) is 4.82. The lowest BCUT2D eigenvalue weighted by atomic mass is 9.89. The van der Waals surface area contributed by atoms with Crippen LogP contribution in [0, 0.1) is 11.8 Å². The summed E-state index contributed by atoms with van der Waals surface area (Å²) in [6.07, 6.45) is 5.50. The Morgan fingerprint density at radius 1 is 1.03 bits per heavy atom. The van der Waals surface area contributed by atoms with Crippen LogP contribution < -0.4 is 10.5 Å². The largest absolute Gasteiger partial charge is 0.355 e. The van der Waals surface area contributed by atoms with E-state index in [1.54, 1.807) is 15.9 Å². The van der Waals surface area contributed by atoms with Crippen molar-refractivity contribution in [1.29, 1.82) is 0 Å². The summed E-state index contributed by atoms with van der Waals surface area (Å²) in [5.41, 5.74) is 1.91. The van der Waals surface area contributed by atoms with Gasteiger partial charge in [-0.05, 0) is 49.5 Å². The van der Waals surface area contributed by atoms with Crippen molar-refractivity contribution in [2.24, 2.45) is 11.8 Å². The molecule has 0 spiro atoms. The minimum absolute atomic E-state index is 0.000524. The Hall–Kier alpha value is -2.47. The molecule has 1 fully saturated rings. The van der Waals surface area contributed by atoms with E-state index in [2.05, 4.69) is 36.9 Å². The first kappa shape index (κ1) is 18.3. The van der Waals surface area contributed by atoms with E-state index >= 15 is 0 Å². The smallest absolute Gasteiger partial charge is 0.283 e. The topological polar surface area (TPSA) is 50.5 Å². The van der Waals surface area contributed by atoms with Crippen LogP contribution in [-0.4, -0.2) is 27.7 Å². The second kappa shape index (κ2) is 6.77. The third-order valence-electron chi connectivity index (χ3n) is 6.99. The molecule has 0 amide bonds. The van der Waals surface area contributed by atoms with E-state index in [1.165, 1.54) is 10.4 Å². The van der Waals surface area contributed by atoms with Crippen LogP contribution in [0.5, 0.6) is 0 Å². The Labute approximate surface area is 179 Å². The van der Waals surface area contributed by atoms with Crippen molar-refractivity contribution in [2.45, 2.75) is 46.0 Å². The fraction of sp³-hybridized carbons (Fsp3) is 0.458. The van der Waals surface area contributed by atoms with Gasteiger partial charge in [0.2, 0.25) is 0 Å². The van der Waals surface area contributed by atoms with Gasteiger partial charge in [0, 0.05) is 28.7 Å². The van der Waals surface area contributed by atoms with Gasteiger partial charge in [-0.25, -0.2) is 4.98 Å². The average molecular weight is 419 g/mol. The molecule has 154 valence electrons. The highest BCUT2D eigenvalue weighted by molar-refractivity contribution is 7.18. The summed E-state index contributed by atoms with van der Waals surface area (Å²) < 4.78 is 1.59. The Morgan fingerprint density at radius 2 is 1.80 bits per heavy atom. The van der Waals surface area contributed by atoms with Crippen molar-refractivity contribution in [3.05, 3.63) is 45.1 Å². The van der Waals surface area contributed by atoms with E-state index in [1.807, 2.05) is 6.07 Å². The first-order chi connectivity index (χ1) is 14.6. The summed E-state index contributed by atoms with van der Waals surface area (Å²) in [7, 11) is 0. The van der Waals surface area contributed by atoms with Gasteiger partial charge in [0.15, 0.2) is 11.5 Å². The molecule has 0 N–H and O–H groups in total. The summed E-state index contributed by atoms with van der Waals surface area (Å²) in [4.78, 5) is 23.3. The van der Waals surface area contributed by atoms with Gasteiger partial charge in [-0.1, -0.05) is 38.1 Å². The van der Waals surface area contributed by atoms with Crippen LogP contribution >= 0.6 is 11.3 Å². The number of thiophene rings is 1. The SMILES string of the molecule is CC1CCN(c2nn3c(=O)c4c5c(sc4nc3c3ccccc23)C[C@H](C)CC5)CC1. The van der Waals surface area contributed by atoms with Crippen molar-refractivity contribution < 1.29 is 0 Å². The van der Waals surface area contributed by atoms with Gasteiger partial charge in [0.25, 0.3) is 5.56 Å². The van der Waals surface area contributed by atoms with Gasteiger partial charge in [-0.3, -0.25) is 4.79 Å². The van der Waals surface area contributed by atoms with Crippen LogP contribution in [0.3, 0.4) is 0 Å². The predicted molar refractivity (Wildman–Crippen MR) is 124 cm³/mol. The van der Waals surface area contributed by atoms with Gasteiger partial charge < -0.3 is 4.90 Å². The maximum atomic E-state index is 13.7. The van der Waals surface area contributed by atoms with Crippen molar-refractivity contribution in [3.63, 3.8) is 0 Å². The minimum atomic E-state index is -0.000524. The number of aryl methyl sites for hydroxylation is 1. The lowest BCUT2D eigenvalue weighted by Crippen LogP contribution is -2.34. The molecule has 1 saturated heterocycles. The first-order valence-corrected chi connectivity index (χ1v) is 11.9. The standard InChI is InChI=1S/C24H26N4OS/c1-14-9-11-27(12-10-14)22-17-6-4-3-5-16(17)21-25-23-20(24(29)28(21)26-22)18-8-7-15(2)13-19(18)30-23/h3-6,14-15H,7-13H2,1-2H3/t15-/m1/s1. The lowest BCUT2D eigenvalue weighted by molar-refractivity contribution is 0.436. The molecule has 0 unspecified atom stereocenters. The first-order valence-electron chi connectivity index (χ1n) is 11.1. The Morgan fingerprint density at radius 3 is 2.60 bits per heavy atom. The third kappa shape index (κ3) is 2.69. The average Bonchev–Trinajstić information content (AvgIpc) is 3.12. The maximum absolute atomic E-state index is 13.7. The Kier molecular flexibility index (Phi) is 4.13. The molecule has 0 saturated carbocycles. The van der Waals surface area contributed by atoms with Crippen LogP contribution in [0.4, 0.5) is 5.82 Å². The number of anilines is 1. The zero-order valence-electron chi connectivity index (χ0n) is 17.5. The normalized spacial score (nSPS) is 20.3. The second-order valence-corrected chi connectivity index (χ2v) is 10.3. The summed E-state index contributed by atoms with van der Waals surface area (Å²) in [5, 5.41) is 7.83. The van der Waals surface area contributed by atoms with Gasteiger partial charge in [-0.2, -0.15) is 4.52 Å². The number of hydrogen-bond acceptors (Lipinski definition) is 5. The van der Waals surface area contributed by atoms with Crippen molar-refractivity contribution >= 4 is 43.8 Å². The van der Waals surface area contributed by atoms with Gasteiger partial charge >= 0.3 is 0 Å². The van der Waals surface area contributed by atoms with Crippen molar-refractivity contribution in [3.8, 4) is 0 Å². The van der Waals surface area contributed by atoms with Gasteiger partial charge in [0.1, 0.15) is 4.83 Å². The molecule has 6 heteroatoms. The molecule has 4 aromatic rings. The zero-order valence-corrected chi connectivity index (χ0v) is 18.3. The quantitative estimate of drug-likeness (QED) is 0.416. The molecular formula is C24H26N4OS. The van der Waals surface area contributed by atoms with Crippen molar-refractivity contribution in [1.82, 2.24) is 14.6 Å². The summed E-state index contributed by atoms with van der Waals surface area (Å²) >= 11 is 1.71. The van der Waals surface area contributed by atoms with Crippen LogP contribution in [0.15, 0.2) is 29.1 Å². The number of aromatic nitrogens is 3. The molecule has 0 bridgehead atoms. The monoisotopic (exact) mass is 418 g/mol. The van der Waals surface area contributed by atoms with Gasteiger partial charge in [-0.15, -0.1) is 16.4 Å². The summed E-state index contributed by atoms with van der Waals surface area (Å²) in [6, 6.07) is 8.28. The molecule has 6 rings (SSSR count). The number of piperidine rings is 1. The summed E-state index contributed by atoms with van der Waals surface area (Å²) in [6.45, 7) is 6.58. The van der Waals surface area contributed by atoms with E-state index in [0.717, 1.165) is 77.9 Å². The highest BCUT2D eigenvalue weighted by Gasteiger charge is 2.26. The van der Waals surface area contributed by atoms with E-state index < -0.39 is 0 Å². The molecule has 30 heavy (non-hydrogen) atoms. The fourth-order valence-electron chi connectivity index (χ4n) is 5.12. The molecule has 1 aliphatic heterocycles. The van der Waals surface area contributed by atoms with Crippen LogP contribution in [0.2, 0.25) is 0 Å². The zero-order chi connectivity index (χ0) is 20.4. The number of hydrogen-bond donors (Lipinski definition) is 0. The Balaban J connectivity index is 1.65. The molecule has 5 nitrogen and oxygen atoms in total. The van der Waals surface area contributed by atoms with Gasteiger partial charge in [0.05, 0.1) is 5.39 Å². The lowest BCUT2D eigenvalue weighted by Gasteiger charge is -2.31. The van der Waals surface area contributed by atoms with E-state index in [9.17, 15) is 4.79 Å². The highest BCUT2D eigenvalue weighted by atomic mass is 32.1. The maximum Gasteiger partial charge on any atom is 0.283 e. The second-order valence-electron chi connectivity index (χ2n) is 9.22. The number of fused-ring (bicyclic) bond motifs is 6. The number of nitrogens with zero attached hydrogens (tertiary/aromatic N) is 4. The third-order valence-corrected chi connectivity index (χ3v) is 8.14. The van der Waals surface area contributed by atoms with E-state index in [-0.39, 0.29) is 5.56 Å². The molecule has 2 aliphatic rings. The molecule has 1 aliphatic carbocycles. The molecule has 4 heterocycles. The Bertz CT molecular complexity index is 1350. The number of benzene rings is 1. The van der Waals surface area contributed by atoms with E-state index in [4.69, 9.17) is 10.1 Å². The fourth-order valence-corrected chi connectivity index (χ4v) is 6.50. The summed E-state index contributed by atoms with van der Waals surface area (Å²) in [5.74, 6) is 2.34. The highest BCUT2D eigenvalue weighted by Crippen LogP contribution is 2.37. The van der Waals surface area contributed by atoms with Crippen LogP contribution in [0.1, 0.15) is 43.6 Å². The molecule has 1 atom stereocenters. The minimum Gasteiger partial charge on any atom is -0.355 e. The van der Waals surface area contributed by atoms with Crippen molar-refractivity contribution in [2.75, 3.05) is 18.0 Å². The number of rotatable bonds is 1. The molecule has 0 radical (unpaired) electrons. The van der Waals surface area contributed by atoms with E-state index in [0.29, 0.717) is 11.6 Å². The van der Waals surface area contributed by atoms with Crippen LogP contribution in [-0.2, 0) is 12.8 Å². The molecule has 3 aromatic heterocycles. The molecule has 1 aromatic carbocycles. The molecular weight excluding hydrogens is 392 g/mol. The van der Waals surface area contributed by atoms with Crippen LogP contribution in [0.25, 0.3) is 26.6 Å².